The molecule has 7 nitrogen and oxygen atoms in total. The number of ether oxygens (including phenoxy) is 1. The number of hydrogen-bond donors (Lipinski definition) is 1. The largest absolute Gasteiger partial charge is 0.379 e. The molecule has 1 atom stereocenters. The average Bonchev–Trinajstić information content (AvgIpc) is 3.30. The number of rotatable bonds is 7. The predicted molar refractivity (Wildman–Crippen MR) is 123 cm³/mol. The van der Waals surface area contributed by atoms with Gasteiger partial charge in [0, 0.05) is 37.7 Å². The minimum atomic E-state index is -3.76. The lowest BCUT2D eigenvalue weighted by Gasteiger charge is -2.26. The van der Waals surface area contributed by atoms with Gasteiger partial charge in [0.2, 0.25) is 15.9 Å². The van der Waals surface area contributed by atoms with Crippen LogP contribution < -0.4 is 5.32 Å². The Hall–Kier alpha value is -1.97. The number of halogens is 1. The van der Waals surface area contributed by atoms with Crippen molar-refractivity contribution in [3.05, 3.63) is 64.7 Å². The Kier molecular flexibility index (Phi) is 7.48. The SMILES string of the molecule is O=C(NCc1cccc(CN2CCOCC2)c1)[C@@H]1CCCN1S(=O)(=O)c1ccc(Cl)cc1. The van der Waals surface area contributed by atoms with Gasteiger partial charge in [0.25, 0.3) is 0 Å². The third-order valence-electron chi connectivity index (χ3n) is 5.89. The van der Waals surface area contributed by atoms with Crippen LogP contribution in [0.4, 0.5) is 0 Å². The third kappa shape index (κ3) is 5.50. The Bertz CT molecular complexity index is 1040. The number of amides is 1. The van der Waals surface area contributed by atoms with Crippen LogP contribution in [0, 0.1) is 0 Å². The van der Waals surface area contributed by atoms with E-state index in [1.165, 1.54) is 22.0 Å². The van der Waals surface area contributed by atoms with Gasteiger partial charge in [-0.15, -0.1) is 0 Å². The van der Waals surface area contributed by atoms with Crippen molar-refractivity contribution in [1.29, 1.82) is 0 Å². The van der Waals surface area contributed by atoms with Crippen molar-refractivity contribution >= 4 is 27.5 Å². The zero-order valence-corrected chi connectivity index (χ0v) is 19.4. The maximum absolute atomic E-state index is 13.1. The molecule has 172 valence electrons. The normalized spacial score (nSPS) is 20.3. The fourth-order valence-electron chi connectivity index (χ4n) is 4.19. The van der Waals surface area contributed by atoms with Crippen LogP contribution in [0.5, 0.6) is 0 Å². The van der Waals surface area contributed by atoms with Crippen LogP contribution >= 0.6 is 11.6 Å². The minimum Gasteiger partial charge on any atom is -0.379 e. The molecule has 0 bridgehead atoms. The van der Waals surface area contributed by atoms with Crippen molar-refractivity contribution < 1.29 is 17.9 Å². The van der Waals surface area contributed by atoms with Gasteiger partial charge in [0.05, 0.1) is 18.1 Å². The van der Waals surface area contributed by atoms with E-state index in [1.54, 1.807) is 12.1 Å². The molecule has 0 unspecified atom stereocenters. The zero-order chi connectivity index (χ0) is 22.6. The summed E-state index contributed by atoms with van der Waals surface area (Å²) in [6.07, 6.45) is 1.16. The molecule has 0 aromatic heterocycles. The lowest BCUT2D eigenvalue weighted by atomic mass is 10.1. The van der Waals surface area contributed by atoms with Crippen molar-refractivity contribution in [2.45, 2.75) is 36.9 Å². The number of hydrogen-bond acceptors (Lipinski definition) is 5. The van der Waals surface area contributed by atoms with E-state index in [1.807, 2.05) is 12.1 Å². The quantitative estimate of drug-likeness (QED) is 0.663. The maximum atomic E-state index is 13.1. The highest BCUT2D eigenvalue weighted by molar-refractivity contribution is 7.89. The number of carbonyl (C=O) groups excluding carboxylic acids is 1. The van der Waals surface area contributed by atoms with E-state index < -0.39 is 16.1 Å². The summed E-state index contributed by atoms with van der Waals surface area (Å²) in [6, 6.07) is 13.5. The first-order chi connectivity index (χ1) is 15.4. The van der Waals surface area contributed by atoms with Gasteiger partial charge < -0.3 is 10.1 Å². The first kappa shape index (κ1) is 23.2. The average molecular weight is 478 g/mol. The van der Waals surface area contributed by atoms with Crippen LogP contribution in [-0.2, 0) is 32.6 Å². The highest BCUT2D eigenvalue weighted by Gasteiger charge is 2.39. The molecule has 2 aliphatic rings. The molecule has 0 saturated carbocycles. The van der Waals surface area contributed by atoms with Gasteiger partial charge in [-0.3, -0.25) is 9.69 Å². The molecule has 2 fully saturated rings. The molecule has 2 heterocycles. The van der Waals surface area contributed by atoms with Gasteiger partial charge in [0.1, 0.15) is 6.04 Å². The molecule has 4 rings (SSSR count). The van der Waals surface area contributed by atoms with Crippen molar-refractivity contribution in [2.75, 3.05) is 32.8 Å². The molecule has 2 aromatic rings. The number of benzene rings is 2. The number of sulfonamides is 1. The Morgan fingerprint density at radius 1 is 1.06 bits per heavy atom. The van der Waals surface area contributed by atoms with Crippen LogP contribution in [0.15, 0.2) is 53.4 Å². The smallest absolute Gasteiger partial charge is 0.243 e. The fourth-order valence-corrected chi connectivity index (χ4v) is 5.98. The molecule has 0 radical (unpaired) electrons. The Morgan fingerprint density at radius 2 is 1.78 bits per heavy atom. The highest BCUT2D eigenvalue weighted by Crippen LogP contribution is 2.27. The highest BCUT2D eigenvalue weighted by atomic mass is 35.5. The Balaban J connectivity index is 1.38. The number of nitrogens with one attached hydrogen (secondary N) is 1. The molecule has 32 heavy (non-hydrogen) atoms. The zero-order valence-electron chi connectivity index (χ0n) is 17.9. The monoisotopic (exact) mass is 477 g/mol. The fraction of sp³-hybridized carbons (Fsp3) is 0.435. The topological polar surface area (TPSA) is 79.0 Å². The van der Waals surface area contributed by atoms with Gasteiger partial charge in [-0.25, -0.2) is 8.42 Å². The summed E-state index contributed by atoms with van der Waals surface area (Å²) < 4.78 is 32.8. The second-order valence-corrected chi connectivity index (χ2v) is 10.5. The summed E-state index contributed by atoms with van der Waals surface area (Å²) in [7, 11) is -3.76. The molecule has 0 aliphatic carbocycles. The number of morpholine rings is 1. The van der Waals surface area contributed by atoms with Crippen molar-refractivity contribution in [3.63, 3.8) is 0 Å². The standard InChI is InChI=1S/C23H28ClN3O4S/c24-20-6-8-21(9-7-20)32(29,30)27-10-2-5-22(27)23(28)25-16-18-3-1-4-19(15-18)17-26-11-13-31-14-12-26/h1,3-4,6-9,15,22H,2,5,10-14,16-17H2,(H,25,28)/t22-/m0/s1. The third-order valence-corrected chi connectivity index (χ3v) is 8.07. The van der Waals surface area contributed by atoms with Gasteiger partial charge in [-0.2, -0.15) is 4.31 Å². The van der Waals surface area contributed by atoms with E-state index in [2.05, 4.69) is 22.3 Å². The molecule has 1 N–H and O–H groups in total. The molecule has 1 amide bonds. The van der Waals surface area contributed by atoms with Gasteiger partial charge >= 0.3 is 0 Å². The second kappa shape index (κ2) is 10.3. The first-order valence-electron chi connectivity index (χ1n) is 10.9. The van der Waals surface area contributed by atoms with Crippen molar-refractivity contribution in [1.82, 2.24) is 14.5 Å². The molecule has 0 spiro atoms. The lowest BCUT2D eigenvalue weighted by Crippen LogP contribution is -2.45. The Labute approximate surface area is 194 Å². The van der Waals surface area contributed by atoms with E-state index in [9.17, 15) is 13.2 Å². The molecule has 2 aromatic carbocycles. The minimum absolute atomic E-state index is 0.150. The second-order valence-electron chi connectivity index (χ2n) is 8.15. The van der Waals surface area contributed by atoms with Crippen LogP contribution in [0.1, 0.15) is 24.0 Å². The maximum Gasteiger partial charge on any atom is 0.243 e. The van der Waals surface area contributed by atoms with Gasteiger partial charge in [0.15, 0.2) is 0 Å². The lowest BCUT2D eigenvalue weighted by molar-refractivity contribution is -0.124. The van der Waals surface area contributed by atoms with E-state index >= 15 is 0 Å². The van der Waals surface area contributed by atoms with Crippen LogP contribution in [0.25, 0.3) is 0 Å². The van der Waals surface area contributed by atoms with Crippen LogP contribution in [-0.4, -0.2) is 62.4 Å². The van der Waals surface area contributed by atoms with E-state index in [0.29, 0.717) is 31.0 Å². The molecule has 9 heteroatoms. The summed E-state index contributed by atoms with van der Waals surface area (Å²) in [5.41, 5.74) is 2.18. The predicted octanol–water partition coefficient (Wildman–Crippen LogP) is 2.64. The number of nitrogens with zero attached hydrogens (tertiary/aromatic N) is 2. The van der Waals surface area contributed by atoms with Gasteiger partial charge in [-0.05, 0) is 48.2 Å². The summed E-state index contributed by atoms with van der Waals surface area (Å²) in [6.45, 7) is 4.89. The van der Waals surface area contributed by atoms with Crippen molar-refractivity contribution in [3.8, 4) is 0 Å². The Morgan fingerprint density at radius 3 is 2.53 bits per heavy atom. The summed E-state index contributed by atoms with van der Waals surface area (Å²) in [4.78, 5) is 15.4. The van der Waals surface area contributed by atoms with Crippen molar-refractivity contribution in [2.24, 2.45) is 0 Å². The molecule has 2 saturated heterocycles. The summed E-state index contributed by atoms with van der Waals surface area (Å²) in [5, 5.41) is 3.40. The first-order valence-corrected chi connectivity index (χ1v) is 12.7. The van der Waals surface area contributed by atoms with E-state index in [4.69, 9.17) is 16.3 Å². The van der Waals surface area contributed by atoms with E-state index in [0.717, 1.165) is 38.4 Å². The number of carbonyl (C=O) groups is 1. The molecular weight excluding hydrogens is 450 g/mol. The molecular formula is C23H28ClN3O4S. The summed E-state index contributed by atoms with van der Waals surface area (Å²) in [5.74, 6) is -0.265. The molecule has 2 aliphatic heterocycles. The van der Waals surface area contributed by atoms with Crippen LogP contribution in [0.3, 0.4) is 0 Å². The summed E-state index contributed by atoms with van der Waals surface area (Å²) >= 11 is 5.88. The van der Waals surface area contributed by atoms with E-state index in [-0.39, 0.29) is 10.8 Å². The van der Waals surface area contributed by atoms with Gasteiger partial charge in [-0.1, -0.05) is 35.9 Å². The van der Waals surface area contributed by atoms with Crippen LogP contribution in [0.2, 0.25) is 5.02 Å².